The molecule has 1 amide bonds. The van der Waals surface area contributed by atoms with Crippen molar-refractivity contribution in [1.82, 2.24) is 5.32 Å². The maximum atomic E-state index is 11.4. The van der Waals surface area contributed by atoms with Gasteiger partial charge in [-0.3, -0.25) is 4.79 Å². The molecule has 0 aliphatic rings. The van der Waals surface area contributed by atoms with E-state index in [-0.39, 0.29) is 18.3 Å². The molecule has 4 heteroatoms. The third kappa shape index (κ3) is 3.48. The van der Waals surface area contributed by atoms with Gasteiger partial charge >= 0.3 is 0 Å². The molecule has 98 valence electrons. The maximum Gasteiger partial charge on any atom is 0.258 e. The van der Waals surface area contributed by atoms with Crippen molar-refractivity contribution < 1.29 is 14.6 Å². The first-order chi connectivity index (χ1) is 9.19. The van der Waals surface area contributed by atoms with Crippen LogP contribution < -0.4 is 10.1 Å². The minimum atomic E-state index is -0.198. The fourth-order valence-corrected chi connectivity index (χ4v) is 1.69. The zero-order valence-electron chi connectivity index (χ0n) is 10.4. The zero-order valence-corrected chi connectivity index (χ0v) is 10.4. The van der Waals surface area contributed by atoms with E-state index in [4.69, 9.17) is 4.74 Å². The van der Waals surface area contributed by atoms with E-state index >= 15 is 0 Å². The van der Waals surface area contributed by atoms with E-state index in [0.717, 1.165) is 10.8 Å². The van der Waals surface area contributed by atoms with Crippen LogP contribution in [-0.2, 0) is 4.79 Å². The normalized spacial score (nSPS) is 10.1. The molecule has 2 aromatic rings. The van der Waals surface area contributed by atoms with Crippen LogP contribution in [0.5, 0.6) is 11.5 Å². The predicted molar refractivity (Wildman–Crippen MR) is 74.3 cm³/mol. The number of phenolic OH excluding ortho intramolecular Hbond substituents is 1. The van der Waals surface area contributed by atoms with Gasteiger partial charge in [-0.05, 0) is 35.0 Å². The standard InChI is InChI=1S/C15H15NO3/c1-2-7-16-15(18)10-19-14-6-4-11-3-5-13(17)8-12(11)9-14/h2-6,8-9,17H,1,7,10H2,(H,16,18). The van der Waals surface area contributed by atoms with Crippen molar-refractivity contribution in [2.45, 2.75) is 0 Å². The molecule has 0 saturated carbocycles. The van der Waals surface area contributed by atoms with Crippen LogP contribution in [0.15, 0.2) is 49.1 Å². The molecule has 0 fully saturated rings. The number of hydrogen-bond donors (Lipinski definition) is 2. The minimum Gasteiger partial charge on any atom is -0.508 e. The monoisotopic (exact) mass is 257 g/mol. The van der Waals surface area contributed by atoms with E-state index in [1.165, 1.54) is 0 Å². The fourth-order valence-electron chi connectivity index (χ4n) is 1.69. The lowest BCUT2D eigenvalue weighted by atomic mass is 10.1. The van der Waals surface area contributed by atoms with Gasteiger partial charge in [0.2, 0.25) is 0 Å². The van der Waals surface area contributed by atoms with Gasteiger partial charge in [-0.25, -0.2) is 0 Å². The predicted octanol–water partition coefficient (Wildman–Crippen LogP) is 2.23. The Morgan fingerprint density at radius 1 is 1.26 bits per heavy atom. The summed E-state index contributed by atoms with van der Waals surface area (Å²) in [6, 6.07) is 10.6. The van der Waals surface area contributed by atoms with Crippen LogP contribution in [0.4, 0.5) is 0 Å². The molecular formula is C15H15NO3. The van der Waals surface area contributed by atoms with Crippen molar-refractivity contribution in [3.8, 4) is 11.5 Å². The van der Waals surface area contributed by atoms with Crippen LogP contribution in [0.25, 0.3) is 10.8 Å². The number of carbonyl (C=O) groups excluding carboxylic acids is 1. The second-order valence-electron chi connectivity index (χ2n) is 4.07. The van der Waals surface area contributed by atoms with E-state index in [2.05, 4.69) is 11.9 Å². The molecule has 0 radical (unpaired) electrons. The maximum absolute atomic E-state index is 11.4. The highest BCUT2D eigenvalue weighted by Crippen LogP contribution is 2.24. The lowest BCUT2D eigenvalue weighted by molar-refractivity contribution is -0.122. The molecule has 4 nitrogen and oxygen atoms in total. The summed E-state index contributed by atoms with van der Waals surface area (Å²) in [5.41, 5.74) is 0. The van der Waals surface area contributed by atoms with Gasteiger partial charge in [0, 0.05) is 6.54 Å². The van der Waals surface area contributed by atoms with E-state index < -0.39 is 0 Å². The molecule has 2 rings (SSSR count). The highest BCUT2D eigenvalue weighted by atomic mass is 16.5. The first kappa shape index (κ1) is 13.0. The average Bonchev–Trinajstić information content (AvgIpc) is 2.42. The van der Waals surface area contributed by atoms with Crippen molar-refractivity contribution in [3.63, 3.8) is 0 Å². The molecule has 0 unspecified atom stereocenters. The van der Waals surface area contributed by atoms with Gasteiger partial charge in [0.25, 0.3) is 5.91 Å². The Morgan fingerprint density at radius 2 is 2.05 bits per heavy atom. The summed E-state index contributed by atoms with van der Waals surface area (Å²) < 4.78 is 5.38. The van der Waals surface area contributed by atoms with Gasteiger partial charge in [0.15, 0.2) is 6.61 Å². The summed E-state index contributed by atoms with van der Waals surface area (Å²) >= 11 is 0. The van der Waals surface area contributed by atoms with Crippen LogP contribution in [0, 0.1) is 0 Å². The van der Waals surface area contributed by atoms with Crippen LogP contribution in [0.1, 0.15) is 0 Å². The molecule has 0 aliphatic heterocycles. The zero-order chi connectivity index (χ0) is 13.7. The van der Waals surface area contributed by atoms with E-state index in [9.17, 15) is 9.90 Å². The average molecular weight is 257 g/mol. The van der Waals surface area contributed by atoms with Gasteiger partial charge < -0.3 is 15.2 Å². The summed E-state index contributed by atoms with van der Waals surface area (Å²) in [5.74, 6) is 0.594. The van der Waals surface area contributed by atoms with Crippen LogP contribution >= 0.6 is 0 Å². The summed E-state index contributed by atoms with van der Waals surface area (Å²) in [7, 11) is 0. The molecule has 0 atom stereocenters. The number of nitrogens with one attached hydrogen (secondary N) is 1. The summed E-state index contributed by atoms with van der Waals surface area (Å²) in [4.78, 5) is 11.4. The number of carbonyl (C=O) groups is 1. The molecule has 0 aliphatic carbocycles. The molecule has 0 bridgehead atoms. The summed E-state index contributed by atoms with van der Waals surface area (Å²) in [6.45, 7) is 3.90. The smallest absolute Gasteiger partial charge is 0.258 e. The molecule has 19 heavy (non-hydrogen) atoms. The van der Waals surface area contributed by atoms with Crippen molar-refractivity contribution in [1.29, 1.82) is 0 Å². The quantitative estimate of drug-likeness (QED) is 0.807. The SMILES string of the molecule is C=CCNC(=O)COc1ccc2ccc(O)cc2c1. The number of aromatic hydroxyl groups is 1. The number of rotatable bonds is 5. The Balaban J connectivity index is 2.04. The summed E-state index contributed by atoms with van der Waals surface area (Å²) in [5, 5.41) is 13.9. The Hall–Kier alpha value is -2.49. The lowest BCUT2D eigenvalue weighted by Crippen LogP contribution is -2.28. The van der Waals surface area contributed by atoms with E-state index in [0.29, 0.717) is 12.3 Å². The van der Waals surface area contributed by atoms with Gasteiger partial charge in [-0.1, -0.05) is 18.2 Å². The van der Waals surface area contributed by atoms with Crippen LogP contribution in [0.2, 0.25) is 0 Å². The van der Waals surface area contributed by atoms with Crippen LogP contribution in [0.3, 0.4) is 0 Å². The first-order valence-corrected chi connectivity index (χ1v) is 5.92. The Kier molecular flexibility index (Phi) is 4.03. The van der Waals surface area contributed by atoms with Gasteiger partial charge in [-0.2, -0.15) is 0 Å². The first-order valence-electron chi connectivity index (χ1n) is 5.92. The third-order valence-corrected chi connectivity index (χ3v) is 2.61. The number of ether oxygens (including phenoxy) is 1. The number of phenols is 1. The number of hydrogen-bond acceptors (Lipinski definition) is 3. The second-order valence-corrected chi connectivity index (χ2v) is 4.07. The molecule has 0 heterocycles. The lowest BCUT2D eigenvalue weighted by Gasteiger charge is -2.07. The molecule has 2 N–H and O–H groups in total. The Labute approximate surface area is 111 Å². The van der Waals surface area contributed by atoms with Crippen LogP contribution in [-0.4, -0.2) is 24.2 Å². The largest absolute Gasteiger partial charge is 0.508 e. The second kappa shape index (κ2) is 5.91. The topological polar surface area (TPSA) is 58.6 Å². The van der Waals surface area contributed by atoms with E-state index in [1.807, 2.05) is 12.1 Å². The molecule has 0 saturated heterocycles. The van der Waals surface area contributed by atoms with Gasteiger partial charge in [-0.15, -0.1) is 6.58 Å². The molecule has 2 aromatic carbocycles. The van der Waals surface area contributed by atoms with Gasteiger partial charge in [0.05, 0.1) is 0 Å². The van der Waals surface area contributed by atoms with Gasteiger partial charge in [0.1, 0.15) is 11.5 Å². The Morgan fingerprint density at radius 3 is 2.84 bits per heavy atom. The minimum absolute atomic E-state index is 0.0435. The highest BCUT2D eigenvalue weighted by molar-refractivity contribution is 5.85. The number of amides is 1. The molecule has 0 aromatic heterocycles. The number of fused-ring (bicyclic) bond motifs is 1. The van der Waals surface area contributed by atoms with Crippen molar-refractivity contribution >= 4 is 16.7 Å². The van der Waals surface area contributed by atoms with Crippen molar-refractivity contribution in [2.24, 2.45) is 0 Å². The molecular weight excluding hydrogens is 242 g/mol. The molecule has 0 spiro atoms. The Bertz CT molecular complexity index is 607. The third-order valence-electron chi connectivity index (χ3n) is 2.61. The number of benzene rings is 2. The fraction of sp³-hybridized carbons (Fsp3) is 0.133. The van der Waals surface area contributed by atoms with E-state index in [1.54, 1.807) is 30.3 Å². The van der Waals surface area contributed by atoms with Crippen molar-refractivity contribution in [3.05, 3.63) is 49.1 Å². The highest BCUT2D eigenvalue weighted by Gasteiger charge is 2.02. The summed E-state index contributed by atoms with van der Waals surface area (Å²) in [6.07, 6.45) is 1.61. The van der Waals surface area contributed by atoms with Crippen molar-refractivity contribution in [2.75, 3.05) is 13.2 Å².